The SMILES string of the molecule is CCOCCCN(CC(C)C(=O)O)C(=O)c1ccc(Cl)cc1Cl. The fourth-order valence-corrected chi connectivity index (χ4v) is 2.51. The lowest BCUT2D eigenvalue weighted by Crippen LogP contribution is -2.38. The largest absolute Gasteiger partial charge is 0.481 e. The number of carbonyl (C=O) groups is 2. The fourth-order valence-electron chi connectivity index (χ4n) is 2.02. The van der Waals surface area contributed by atoms with Gasteiger partial charge in [-0.15, -0.1) is 0 Å². The molecular weight excluding hydrogens is 341 g/mol. The van der Waals surface area contributed by atoms with Gasteiger partial charge >= 0.3 is 5.97 Å². The van der Waals surface area contributed by atoms with Crippen LogP contribution in [0.5, 0.6) is 0 Å². The first kappa shape index (κ1) is 19.7. The summed E-state index contributed by atoms with van der Waals surface area (Å²) in [5.74, 6) is -1.93. The van der Waals surface area contributed by atoms with Crippen LogP contribution in [-0.4, -0.2) is 48.2 Å². The van der Waals surface area contributed by atoms with Crippen molar-refractivity contribution < 1.29 is 19.4 Å². The molecule has 0 aromatic heterocycles. The van der Waals surface area contributed by atoms with Crippen molar-refractivity contribution in [2.24, 2.45) is 5.92 Å². The van der Waals surface area contributed by atoms with Crippen LogP contribution in [0.15, 0.2) is 18.2 Å². The number of nitrogens with zero attached hydrogens (tertiary/aromatic N) is 1. The molecule has 1 aromatic rings. The highest BCUT2D eigenvalue weighted by atomic mass is 35.5. The lowest BCUT2D eigenvalue weighted by Gasteiger charge is -2.25. The van der Waals surface area contributed by atoms with Crippen LogP contribution in [-0.2, 0) is 9.53 Å². The van der Waals surface area contributed by atoms with Crippen LogP contribution < -0.4 is 0 Å². The fraction of sp³-hybridized carbons (Fsp3) is 0.500. The van der Waals surface area contributed by atoms with E-state index < -0.39 is 11.9 Å². The molecule has 1 N–H and O–H groups in total. The zero-order valence-electron chi connectivity index (χ0n) is 13.2. The van der Waals surface area contributed by atoms with Gasteiger partial charge in [-0.3, -0.25) is 9.59 Å². The van der Waals surface area contributed by atoms with Crippen molar-refractivity contribution in [1.82, 2.24) is 4.90 Å². The second-order valence-corrected chi connectivity index (χ2v) is 6.01. The molecule has 0 fully saturated rings. The Morgan fingerprint density at radius 2 is 2.04 bits per heavy atom. The molecule has 1 amide bonds. The van der Waals surface area contributed by atoms with Gasteiger partial charge in [0.15, 0.2) is 0 Å². The monoisotopic (exact) mass is 361 g/mol. The van der Waals surface area contributed by atoms with E-state index in [1.807, 2.05) is 6.92 Å². The summed E-state index contributed by atoms with van der Waals surface area (Å²) in [4.78, 5) is 25.2. The van der Waals surface area contributed by atoms with Gasteiger partial charge in [0.1, 0.15) is 0 Å². The summed E-state index contributed by atoms with van der Waals surface area (Å²) >= 11 is 11.9. The second kappa shape index (κ2) is 9.75. The van der Waals surface area contributed by atoms with Gasteiger partial charge in [0.25, 0.3) is 5.91 Å². The Kier molecular flexibility index (Phi) is 8.37. The molecule has 0 aliphatic heterocycles. The number of amides is 1. The molecular formula is C16H21Cl2NO4. The van der Waals surface area contributed by atoms with E-state index in [1.165, 1.54) is 11.0 Å². The number of hydrogen-bond donors (Lipinski definition) is 1. The number of carboxylic acid groups (broad SMARTS) is 1. The number of aliphatic carboxylic acids is 1. The van der Waals surface area contributed by atoms with E-state index in [4.69, 9.17) is 33.0 Å². The Hall–Kier alpha value is -1.30. The second-order valence-electron chi connectivity index (χ2n) is 5.17. The van der Waals surface area contributed by atoms with Crippen LogP contribution in [0.4, 0.5) is 0 Å². The third-order valence-corrected chi connectivity index (χ3v) is 3.83. The summed E-state index contributed by atoms with van der Waals surface area (Å²) in [6, 6.07) is 4.63. The van der Waals surface area contributed by atoms with E-state index in [-0.39, 0.29) is 17.5 Å². The average molecular weight is 362 g/mol. The van der Waals surface area contributed by atoms with E-state index in [1.54, 1.807) is 19.1 Å². The minimum atomic E-state index is -0.949. The molecule has 0 saturated carbocycles. The van der Waals surface area contributed by atoms with Crippen molar-refractivity contribution in [3.05, 3.63) is 33.8 Å². The van der Waals surface area contributed by atoms with E-state index >= 15 is 0 Å². The smallest absolute Gasteiger partial charge is 0.308 e. The highest BCUT2D eigenvalue weighted by Crippen LogP contribution is 2.22. The molecule has 0 saturated heterocycles. The van der Waals surface area contributed by atoms with E-state index in [2.05, 4.69) is 0 Å². The number of benzene rings is 1. The van der Waals surface area contributed by atoms with Crippen molar-refractivity contribution in [3.63, 3.8) is 0 Å². The van der Waals surface area contributed by atoms with Gasteiger partial charge in [0.2, 0.25) is 0 Å². The summed E-state index contributed by atoms with van der Waals surface area (Å²) in [5.41, 5.74) is 0.310. The van der Waals surface area contributed by atoms with Gasteiger partial charge in [-0.1, -0.05) is 30.1 Å². The molecule has 1 atom stereocenters. The number of halogens is 2. The van der Waals surface area contributed by atoms with Crippen molar-refractivity contribution in [2.45, 2.75) is 20.3 Å². The van der Waals surface area contributed by atoms with Gasteiger partial charge in [-0.05, 0) is 31.5 Å². The zero-order chi connectivity index (χ0) is 17.4. The Bertz CT molecular complexity index is 551. The molecule has 0 aliphatic carbocycles. The van der Waals surface area contributed by atoms with Crippen molar-refractivity contribution in [2.75, 3.05) is 26.3 Å². The predicted molar refractivity (Wildman–Crippen MR) is 90.3 cm³/mol. The molecule has 1 unspecified atom stereocenters. The van der Waals surface area contributed by atoms with Crippen molar-refractivity contribution in [1.29, 1.82) is 0 Å². The van der Waals surface area contributed by atoms with Crippen LogP contribution in [0.25, 0.3) is 0 Å². The average Bonchev–Trinajstić information content (AvgIpc) is 2.49. The molecule has 7 heteroatoms. The lowest BCUT2D eigenvalue weighted by atomic mass is 10.1. The maximum Gasteiger partial charge on any atom is 0.308 e. The minimum Gasteiger partial charge on any atom is -0.481 e. The maximum atomic E-state index is 12.7. The number of rotatable bonds is 9. The molecule has 1 rings (SSSR count). The maximum absolute atomic E-state index is 12.7. The van der Waals surface area contributed by atoms with E-state index in [9.17, 15) is 9.59 Å². The number of ether oxygens (including phenoxy) is 1. The third kappa shape index (κ3) is 6.37. The number of carbonyl (C=O) groups excluding carboxylic acids is 1. The molecule has 0 aliphatic rings. The molecule has 0 spiro atoms. The molecule has 23 heavy (non-hydrogen) atoms. The van der Waals surface area contributed by atoms with Gasteiger partial charge in [-0.2, -0.15) is 0 Å². The van der Waals surface area contributed by atoms with Gasteiger partial charge < -0.3 is 14.7 Å². The summed E-state index contributed by atoms with van der Waals surface area (Å²) in [5, 5.41) is 9.77. The summed E-state index contributed by atoms with van der Waals surface area (Å²) < 4.78 is 5.26. The molecule has 1 aromatic carbocycles. The molecule has 0 bridgehead atoms. The van der Waals surface area contributed by atoms with Crippen LogP contribution in [0.2, 0.25) is 10.0 Å². The molecule has 5 nitrogen and oxygen atoms in total. The first-order chi connectivity index (χ1) is 10.9. The van der Waals surface area contributed by atoms with E-state index in [0.29, 0.717) is 36.8 Å². The molecule has 0 heterocycles. The van der Waals surface area contributed by atoms with Crippen LogP contribution in [0.3, 0.4) is 0 Å². The standard InChI is InChI=1S/C16H21Cl2NO4/c1-3-23-8-4-7-19(10-11(2)16(21)22)15(20)13-6-5-12(17)9-14(13)18/h5-6,9,11H,3-4,7-8,10H2,1-2H3,(H,21,22). The zero-order valence-corrected chi connectivity index (χ0v) is 14.7. The van der Waals surface area contributed by atoms with Gasteiger partial charge in [0, 0.05) is 31.3 Å². The van der Waals surface area contributed by atoms with Gasteiger partial charge in [-0.25, -0.2) is 0 Å². The Balaban J connectivity index is 2.87. The van der Waals surface area contributed by atoms with Crippen molar-refractivity contribution >= 4 is 35.1 Å². The van der Waals surface area contributed by atoms with Gasteiger partial charge in [0.05, 0.1) is 16.5 Å². The quantitative estimate of drug-likeness (QED) is 0.682. The first-order valence-electron chi connectivity index (χ1n) is 7.41. The normalized spacial score (nSPS) is 12.0. The Morgan fingerprint density at radius 3 is 2.61 bits per heavy atom. The third-order valence-electron chi connectivity index (χ3n) is 3.29. The summed E-state index contributed by atoms with van der Waals surface area (Å²) in [6.07, 6.45) is 0.622. The number of hydrogen-bond acceptors (Lipinski definition) is 3. The highest BCUT2D eigenvalue weighted by Gasteiger charge is 2.23. The first-order valence-corrected chi connectivity index (χ1v) is 8.17. The van der Waals surface area contributed by atoms with Crippen molar-refractivity contribution in [3.8, 4) is 0 Å². The summed E-state index contributed by atoms with van der Waals surface area (Å²) in [6.45, 7) is 5.07. The lowest BCUT2D eigenvalue weighted by molar-refractivity contribution is -0.141. The van der Waals surface area contributed by atoms with Crippen LogP contribution in [0.1, 0.15) is 30.6 Å². The number of carboxylic acids is 1. The molecule has 0 radical (unpaired) electrons. The molecule has 128 valence electrons. The summed E-state index contributed by atoms with van der Waals surface area (Å²) in [7, 11) is 0. The van der Waals surface area contributed by atoms with E-state index in [0.717, 1.165) is 0 Å². The topological polar surface area (TPSA) is 66.8 Å². The Morgan fingerprint density at radius 1 is 1.35 bits per heavy atom. The highest BCUT2D eigenvalue weighted by molar-refractivity contribution is 6.36. The minimum absolute atomic E-state index is 0.110. The van der Waals surface area contributed by atoms with Crippen LogP contribution >= 0.6 is 23.2 Å². The Labute approximate surface area is 146 Å². The predicted octanol–water partition coefficient (Wildman–Crippen LogP) is 3.58. The van der Waals surface area contributed by atoms with Crippen LogP contribution in [0, 0.1) is 5.92 Å².